The van der Waals surface area contributed by atoms with Gasteiger partial charge in [0.05, 0.1) is 5.75 Å². The third-order valence-electron chi connectivity index (χ3n) is 2.86. The highest BCUT2D eigenvalue weighted by Gasteiger charge is 2.14. The molecule has 0 aliphatic carbocycles. The number of nitrogens with zero attached hydrogens (tertiary/aromatic N) is 3. The van der Waals surface area contributed by atoms with E-state index in [0.29, 0.717) is 0 Å². The first-order chi connectivity index (χ1) is 9.63. The molecule has 20 heavy (non-hydrogen) atoms. The van der Waals surface area contributed by atoms with Gasteiger partial charge in [-0.2, -0.15) is 11.8 Å². The van der Waals surface area contributed by atoms with E-state index in [-0.39, 0.29) is 5.75 Å². The predicted molar refractivity (Wildman–Crippen MR) is 83.6 cm³/mol. The van der Waals surface area contributed by atoms with Gasteiger partial charge in [0.15, 0.2) is 10.8 Å². The second-order valence-electron chi connectivity index (χ2n) is 4.37. The number of carboxylic acid groups (broad SMARTS) is 1. The second-order valence-corrected chi connectivity index (χ2v) is 6.30. The van der Waals surface area contributed by atoms with Gasteiger partial charge in [0.1, 0.15) is 5.52 Å². The van der Waals surface area contributed by atoms with E-state index < -0.39 is 5.97 Å². The normalized spacial score (nSPS) is 11.1. The highest BCUT2D eigenvalue weighted by atomic mass is 32.2. The summed E-state index contributed by atoms with van der Waals surface area (Å²) in [6.45, 7) is 2.81. The Balaban J connectivity index is 2.34. The zero-order chi connectivity index (χ0) is 14.5. The third-order valence-corrected chi connectivity index (χ3v) is 4.51. The smallest absolute Gasteiger partial charge is 0.313 e. The van der Waals surface area contributed by atoms with Crippen LogP contribution in [0.3, 0.4) is 0 Å². The van der Waals surface area contributed by atoms with E-state index in [1.807, 2.05) is 17.6 Å². The second kappa shape index (κ2) is 6.99. The van der Waals surface area contributed by atoms with E-state index in [1.54, 1.807) is 18.0 Å². The Morgan fingerprint density at radius 3 is 3.00 bits per heavy atom. The van der Waals surface area contributed by atoms with Crippen LogP contribution in [0, 0.1) is 6.92 Å². The Bertz CT molecular complexity index is 613. The van der Waals surface area contributed by atoms with E-state index in [1.165, 1.54) is 11.8 Å². The van der Waals surface area contributed by atoms with Crippen LogP contribution in [-0.2, 0) is 11.3 Å². The molecule has 2 aromatic rings. The minimum absolute atomic E-state index is 0.0187. The molecule has 0 fully saturated rings. The fraction of sp³-hybridized carbons (Fsp3) is 0.462. The van der Waals surface area contributed by atoms with Gasteiger partial charge in [0.25, 0.3) is 0 Å². The van der Waals surface area contributed by atoms with Gasteiger partial charge < -0.3 is 9.67 Å². The van der Waals surface area contributed by atoms with Crippen molar-refractivity contribution in [3.05, 3.63) is 17.8 Å². The Morgan fingerprint density at radius 1 is 1.50 bits per heavy atom. The quantitative estimate of drug-likeness (QED) is 0.626. The number of pyridine rings is 1. The fourth-order valence-corrected chi connectivity index (χ4v) is 3.08. The van der Waals surface area contributed by atoms with E-state index in [9.17, 15) is 4.79 Å². The molecule has 0 spiro atoms. The van der Waals surface area contributed by atoms with Crippen LogP contribution in [0.5, 0.6) is 0 Å². The number of aliphatic carboxylic acids is 1. The van der Waals surface area contributed by atoms with Gasteiger partial charge in [-0.1, -0.05) is 11.8 Å². The van der Waals surface area contributed by atoms with Crippen molar-refractivity contribution in [1.82, 2.24) is 14.5 Å². The predicted octanol–water partition coefficient (Wildman–Crippen LogP) is 2.67. The maximum atomic E-state index is 10.7. The molecule has 2 heterocycles. The van der Waals surface area contributed by atoms with Crippen LogP contribution in [0.1, 0.15) is 12.0 Å². The number of hydrogen-bond acceptors (Lipinski definition) is 5. The van der Waals surface area contributed by atoms with Crippen molar-refractivity contribution < 1.29 is 9.90 Å². The molecule has 2 aromatic heterocycles. The number of fused-ring (bicyclic) bond motifs is 1. The molecule has 0 saturated heterocycles. The highest BCUT2D eigenvalue weighted by Crippen LogP contribution is 2.25. The topological polar surface area (TPSA) is 68.0 Å². The highest BCUT2D eigenvalue weighted by molar-refractivity contribution is 7.99. The largest absolute Gasteiger partial charge is 0.481 e. The Morgan fingerprint density at radius 2 is 2.30 bits per heavy atom. The fourth-order valence-electron chi connectivity index (χ4n) is 1.92. The Labute approximate surface area is 126 Å². The lowest BCUT2D eigenvalue weighted by Gasteiger charge is -2.06. The summed E-state index contributed by atoms with van der Waals surface area (Å²) < 4.78 is 2.03. The molecule has 0 aliphatic rings. The van der Waals surface area contributed by atoms with Crippen LogP contribution in [0.25, 0.3) is 11.2 Å². The van der Waals surface area contributed by atoms with Crippen LogP contribution < -0.4 is 0 Å². The van der Waals surface area contributed by atoms with E-state index in [0.717, 1.165) is 40.6 Å². The molecule has 0 unspecified atom stereocenters. The first-order valence-electron chi connectivity index (χ1n) is 6.29. The molecule has 0 aromatic carbocycles. The molecule has 0 saturated carbocycles. The summed E-state index contributed by atoms with van der Waals surface area (Å²) in [6, 6.07) is 1.92. The maximum absolute atomic E-state index is 10.7. The van der Waals surface area contributed by atoms with Crippen molar-refractivity contribution in [3.8, 4) is 0 Å². The van der Waals surface area contributed by atoms with Crippen LogP contribution >= 0.6 is 23.5 Å². The van der Waals surface area contributed by atoms with Gasteiger partial charge in [0, 0.05) is 12.7 Å². The number of carbonyl (C=O) groups is 1. The van der Waals surface area contributed by atoms with Crippen LogP contribution in [0.15, 0.2) is 17.4 Å². The minimum Gasteiger partial charge on any atom is -0.481 e. The summed E-state index contributed by atoms with van der Waals surface area (Å²) in [5, 5.41) is 9.57. The summed E-state index contributed by atoms with van der Waals surface area (Å²) in [5.74, 6) is 0.252. The molecular weight excluding hydrogens is 294 g/mol. The molecular formula is C13H17N3O2S2. The van der Waals surface area contributed by atoms with E-state index in [2.05, 4.69) is 16.2 Å². The van der Waals surface area contributed by atoms with Crippen LogP contribution in [0.4, 0.5) is 0 Å². The number of rotatable bonds is 7. The van der Waals surface area contributed by atoms with Crippen LogP contribution in [-0.4, -0.2) is 43.4 Å². The number of hydrogen-bond donors (Lipinski definition) is 1. The third kappa shape index (κ3) is 3.46. The Kier molecular flexibility index (Phi) is 5.31. The number of aryl methyl sites for hydroxylation is 2. The average Bonchev–Trinajstić information content (AvgIpc) is 2.77. The van der Waals surface area contributed by atoms with Crippen molar-refractivity contribution in [2.45, 2.75) is 25.0 Å². The van der Waals surface area contributed by atoms with Gasteiger partial charge in [-0.05, 0) is 37.0 Å². The molecule has 1 N–H and O–H groups in total. The van der Waals surface area contributed by atoms with Crippen LogP contribution in [0.2, 0.25) is 0 Å². The number of thioether (sulfide) groups is 2. The Hall–Kier alpha value is -1.21. The van der Waals surface area contributed by atoms with E-state index >= 15 is 0 Å². The van der Waals surface area contributed by atoms with Gasteiger partial charge in [-0.3, -0.25) is 4.79 Å². The molecule has 108 valence electrons. The lowest BCUT2D eigenvalue weighted by atomic mass is 10.3. The summed E-state index contributed by atoms with van der Waals surface area (Å²) in [7, 11) is 0. The lowest BCUT2D eigenvalue weighted by Crippen LogP contribution is -2.04. The van der Waals surface area contributed by atoms with Gasteiger partial charge in [0.2, 0.25) is 0 Å². The van der Waals surface area contributed by atoms with Crippen molar-refractivity contribution in [3.63, 3.8) is 0 Å². The van der Waals surface area contributed by atoms with Gasteiger partial charge in [-0.25, -0.2) is 9.97 Å². The summed E-state index contributed by atoms with van der Waals surface area (Å²) in [5.41, 5.74) is 2.78. The molecule has 0 aliphatic heterocycles. The molecule has 2 rings (SSSR count). The summed E-state index contributed by atoms with van der Waals surface area (Å²) in [4.78, 5) is 19.7. The molecule has 7 heteroatoms. The monoisotopic (exact) mass is 311 g/mol. The average molecular weight is 311 g/mol. The SMILES string of the molecule is CSCCCn1c(SCC(=O)O)nc2c(C)ccnc21. The number of imidazole rings is 1. The number of aromatic nitrogens is 3. The van der Waals surface area contributed by atoms with Gasteiger partial charge >= 0.3 is 5.97 Å². The minimum atomic E-state index is -0.831. The number of carboxylic acids is 1. The van der Waals surface area contributed by atoms with E-state index in [4.69, 9.17) is 5.11 Å². The maximum Gasteiger partial charge on any atom is 0.313 e. The molecule has 0 bridgehead atoms. The first kappa shape index (κ1) is 15.2. The molecule has 0 atom stereocenters. The zero-order valence-corrected chi connectivity index (χ0v) is 13.1. The molecule has 5 nitrogen and oxygen atoms in total. The zero-order valence-electron chi connectivity index (χ0n) is 11.5. The van der Waals surface area contributed by atoms with Crippen molar-refractivity contribution in [1.29, 1.82) is 0 Å². The van der Waals surface area contributed by atoms with Crippen molar-refractivity contribution in [2.24, 2.45) is 0 Å². The molecule has 0 amide bonds. The van der Waals surface area contributed by atoms with Crippen molar-refractivity contribution in [2.75, 3.05) is 17.8 Å². The standard InChI is InChI=1S/C13H17N3O2S2/c1-9-4-5-14-12-11(9)15-13(20-8-10(17)18)16(12)6-3-7-19-2/h4-5H,3,6-8H2,1-2H3,(H,17,18). The van der Waals surface area contributed by atoms with Crippen molar-refractivity contribution >= 4 is 40.7 Å². The molecule has 0 radical (unpaired) electrons. The first-order valence-corrected chi connectivity index (χ1v) is 8.66. The summed E-state index contributed by atoms with van der Waals surface area (Å²) in [6.07, 6.45) is 4.87. The van der Waals surface area contributed by atoms with Gasteiger partial charge in [-0.15, -0.1) is 0 Å². The summed E-state index contributed by atoms with van der Waals surface area (Å²) >= 11 is 3.05. The lowest BCUT2D eigenvalue weighted by molar-refractivity contribution is -0.133.